The van der Waals surface area contributed by atoms with Crippen molar-refractivity contribution in [2.45, 2.75) is 39.7 Å². The molecule has 0 spiro atoms. The van der Waals surface area contributed by atoms with Crippen LogP contribution in [0.25, 0.3) is 44.4 Å². The Morgan fingerprint density at radius 3 is 2.56 bits per heavy atom. The van der Waals surface area contributed by atoms with Crippen molar-refractivity contribution in [3.8, 4) is 39.4 Å². The number of fused-ring (bicyclic) bond motifs is 5. The number of aromatic amines is 2. The van der Waals surface area contributed by atoms with Gasteiger partial charge in [-0.05, 0) is 40.8 Å². The first kappa shape index (κ1) is 20.7. The number of hydrogen-bond donors (Lipinski definition) is 2. The van der Waals surface area contributed by atoms with Gasteiger partial charge in [0.05, 0.1) is 23.3 Å². The molecule has 34 heavy (non-hydrogen) atoms. The van der Waals surface area contributed by atoms with Crippen molar-refractivity contribution in [3.63, 3.8) is 0 Å². The van der Waals surface area contributed by atoms with Crippen LogP contribution in [0.2, 0.25) is 0 Å². The third kappa shape index (κ3) is 3.29. The monoisotopic (exact) mass is 452 g/mol. The lowest BCUT2D eigenvalue weighted by Crippen LogP contribution is -2.05. The minimum atomic E-state index is -0.273. The number of halogens is 1. The van der Waals surface area contributed by atoms with E-state index >= 15 is 0 Å². The molecule has 5 nitrogen and oxygen atoms in total. The van der Waals surface area contributed by atoms with Crippen molar-refractivity contribution in [1.82, 2.24) is 19.9 Å². The van der Waals surface area contributed by atoms with Crippen LogP contribution in [0.1, 0.15) is 44.0 Å². The Kier molecular flexibility index (Phi) is 4.76. The van der Waals surface area contributed by atoms with Gasteiger partial charge in [0.1, 0.15) is 29.8 Å². The summed E-state index contributed by atoms with van der Waals surface area (Å²) in [5.74, 6) is 2.73. The molecular formula is C28H25FN4O. The molecular weight excluding hydrogens is 427 g/mol. The summed E-state index contributed by atoms with van der Waals surface area (Å²) < 4.78 is 21.2. The molecule has 1 aliphatic heterocycles. The average molecular weight is 453 g/mol. The van der Waals surface area contributed by atoms with E-state index in [1.165, 1.54) is 0 Å². The molecule has 0 aliphatic carbocycles. The number of nitrogens with zero attached hydrogens (tertiary/aromatic N) is 2. The number of ether oxygens (including phenoxy) is 1. The van der Waals surface area contributed by atoms with E-state index in [-0.39, 0.29) is 5.82 Å². The molecule has 0 atom stereocenters. The molecule has 170 valence electrons. The van der Waals surface area contributed by atoms with E-state index in [0.717, 1.165) is 62.7 Å². The van der Waals surface area contributed by atoms with Gasteiger partial charge in [0.15, 0.2) is 0 Å². The van der Waals surface area contributed by atoms with Gasteiger partial charge in [-0.15, -0.1) is 0 Å². The second kappa shape index (κ2) is 7.83. The number of benzene rings is 3. The van der Waals surface area contributed by atoms with Crippen LogP contribution in [0, 0.1) is 5.82 Å². The molecule has 0 amide bonds. The van der Waals surface area contributed by atoms with E-state index in [4.69, 9.17) is 9.72 Å². The normalized spacial score (nSPS) is 12.6. The quantitative estimate of drug-likeness (QED) is 0.308. The predicted octanol–water partition coefficient (Wildman–Crippen LogP) is 7.00. The summed E-state index contributed by atoms with van der Waals surface area (Å²) in [5, 5.41) is 2.08. The maximum absolute atomic E-state index is 15.0. The number of H-pyrrole nitrogens is 2. The summed E-state index contributed by atoms with van der Waals surface area (Å²) in [6, 6.07) is 15.6. The molecule has 0 radical (unpaired) electrons. The topological polar surface area (TPSA) is 66.6 Å². The van der Waals surface area contributed by atoms with E-state index in [0.29, 0.717) is 23.8 Å². The Labute approximate surface area is 197 Å². The van der Waals surface area contributed by atoms with Gasteiger partial charge in [0.2, 0.25) is 0 Å². The fraction of sp³-hybridized carbons (Fsp3) is 0.214. The summed E-state index contributed by atoms with van der Waals surface area (Å²) in [7, 11) is 0. The van der Waals surface area contributed by atoms with E-state index < -0.39 is 0 Å². The molecule has 6 rings (SSSR count). The van der Waals surface area contributed by atoms with Crippen molar-refractivity contribution in [1.29, 1.82) is 0 Å². The largest absolute Gasteiger partial charge is 0.486 e. The first-order valence-electron chi connectivity index (χ1n) is 11.6. The highest BCUT2D eigenvalue weighted by Gasteiger charge is 2.24. The Balaban J connectivity index is 1.38. The number of nitrogens with one attached hydrogen (secondary N) is 2. The Hall–Kier alpha value is -3.93. The zero-order chi connectivity index (χ0) is 23.4. The van der Waals surface area contributed by atoms with Crippen LogP contribution in [-0.2, 0) is 13.0 Å². The van der Waals surface area contributed by atoms with Gasteiger partial charge >= 0.3 is 0 Å². The fourth-order valence-electron chi connectivity index (χ4n) is 4.59. The van der Waals surface area contributed by atoms with Crippen LogP contribution in [0.4, 0.5) is 4.39 Å². The van der Waals surface area contributed by atoms with Crippen LogP contribution in [0.3, 0.4) is 0 Å². The zero-order valence-corrected chi connectivity index (χ0v) is 19.4. The summed E-state index contributed by atoms with van der Waals surface area (Å²) in [4.78, 5) is 15.7. The highest BCUT2D eigenvalue weighted by atomic mass is 19.1. The van der Waals surface area contributed by atoms with Gasteiger partial charge in [0.25, 0.3) is 0 Å². The smallest absolute Gasteiger partial charge is 0.137 e. The van der Waals surface area contributed by atoms with Gasteiger partial charge in [-0.1, -0.05) is 45.0 Å². The van der Waals surface area contributed by atoms with Crippen LogP contribution >= 0.6 is 0 Å². The maximum atomic E-state index is 15.0. The van der Waals surface area contributed by atoms with E-state index in [9.17, 15) is 4.39 Å². The first-order valence-corrected chi connectivity index (χ1v) is 11.6. The average Bonchev–Trinajstić information content (AvgIpc) is 3.50. The zero-order valence-electron chi connectivity index (χ0n) is 19.4. The Morgan fingerprint density at radius 2 is 1.79 bits per heavy atom. The second-order valence-electron chi connectivity index (χ2n) is 9.06. The lowest BCUT2D eigenvalue weighted by molar-refractivity contribution is 0.301. The number of imidazole rings is 2. The lowest BCUT2D eigenvalue weighted by Gasteiger charge is -2.19. The third-order valence-electron chi connectivity index (χ3n) is 6.49. The number of rotatable bonds is 4. The second-order valence-corrected chi connectivity index (χ2v) is 9.06. The molecule has 3 heterocycles. The molecule has 0 fully saturated rings. The highest BCUT2D eigenvalue weighted by molar-refractivity contribution is 5.97. The van der Waals surface area contributed by atoms with E-state index in [2.05, 4.69) is 53.1 Å². The Morgan fingerprint density at radius 1 is 1.00 bits per heavy atom. The van der Waals surface area contributed by atoms with Gasteiger partial charge in [0, 0.05) is 28.9 Å². The van der Waals surface area contributed by atoms with E-state index in [1.54, 1.807) is 12.3 Å². The minimum absolute atomic E-state index is 0.273. The van der Waals surface area contributed by atoms with Crippen molar-refractivity contribution < 1.29 is 9.13 Å². The van der Waals surface area contributed by atoms with Crippen LogP contribution < -0.4 is 4.74 Å². The highest BCUT2D eigenvalue weighted by Crippen LogP contribution is 2.42. The van der Waals surface area contributed by atoms with Crippen molar-refractivity contribution in [3.05, 3.63) is 77.9 Å². The minimum Gasteiger partial charge on any atom is -0.486 e. The van der Waals surface area contributed by atoms with Crippen molar-refractivity contribution >= 4 is 10.8 Å². The maximum Gasteiger partial charge on any atom is 0.137 e. The van der Waals surface area contributed by atoms with Crippen LogP contribution in [0.5, 0.6) is 5.75 Å². The van der Waals surface area contributed by atoms with Gasteiger partial charge < -0.3 is 14.7 Å². The number of hydrogen-bond acceptors (Lipinski definition) is 3. The summed E-state index contributed by atoms with van der Waals surface area (Å²) in [6.07, 6.45) is 2.47. The lowest BCUT2D eigenvalue weighted by atomic mass is 9.96. The molecule has 6 heteroatoms. The molecule has 0 saturated heterocycles. The molecule has 0 unspecified atom stereocenters. The van der Waals surface area contributed by atoms with E-state index in [1.807, 2.05) is 25.1 Å². The molecule has 2 aromatic heterocycles. The number of aryl methyl sites for hydroxylation is 1. The molecule has 0 bridgehead atoms. The van der Waals surface area contributed by atoms with Crippen molar-refractivity contribution in [2.75, 3.05) is 0 Å². The molecule has 1 aliphatic rings. The van der Waals surface area contributed by atoms with Crippen LogP contribution in [-0.4, -0.2) is 19.9 Å². The first-order chi connectivity index (χ1) is 16.5. The summed E-state index contributed by atoms with van der Waals surface area (Å²) in [5.41, 5.74) is 6.00. The molecule has 3 aromatic carbocycles. The predicted molar refractivity (Wildman–Crippen MR) is 132 cm³/mol. The summed E-state index contributed by atoms with van der Waals surface area (Å²) >= 11 is 0. The van der Waals surface area contributed by atoms with Gasteiger partial charge in [-0.3, -0.25) is 0 Å². The number of aromatic nitrogens is 4. The van der Waals surface area contributed by atoms with Crippen LogP contribution in [0.15, 0.2) is 54.7 Å². The van der Waals surface area contributed by atoms with Gasteiger partial charge in [-0.25, -0.2) is 14.4 Å². The fourth-order valence-corrected chi connectivity index (χ4v) is 4.59. The third-order valence-corrected chi connectivity index (χ3v) is 6.49. The van der Waals surface area contributed by atoms with Gasteiger partial charge in [-0.2, -0.15) is 0 Å². The molecule has 2 N–H and O–H groups in total. The summed E-state index contributed by atoms with van der Waals surface area (Å²) in [6.45, 7) is 6.74. The Bertz CT molecular complexity index is 1550. The van der Waals surface area contributed by atoms with Crippen molar-refractivity contribution in [2.24, 2.45) is 0 Å². The SMILES string of the molecule is CCc1ncc(-c2ccc(-c3ccc4c5c(ccc4c3)-c3nc(C(C)C)[nH]c3CO5)cc2F)[nH]1. The molecule has 5 aromatic rings. The standard InChI is InChI=1S/C28H25FN4O/c1-4-25-30-13-23(31-25)20-9-6-17(12-22(20)29)16-5-8-19-18(11-16)7-10-21-26-24(14-34-27(19)21)32-28(33-26)15(2)3/h5-13,15H,4,14H2,1-3H3,(H,30,31)(H,32,33). The molecule has 0 saturated carbocycles.